The van der Waals surface area contributed by atoms with Gasteiger partial charge in [0, 0.05) is 13.7 Å². The molecule has 0 bridgehead atoms. The van der Waals surface area contributed by atoms with Gasteiger partial charge in [0.1, 0.15) is 6.20 Å². The van der Waals surface area contributed by atoms with E-state index in [0.29, 0.717) is 19.1 Å². The lowest BCUT2D eigenvalue weighted by Gasteiger charge is -2.17. The standard InChI is InChI=1S/C12H21N5O3/c1-4-6-9(8-20-3)15-11-10(17(18)19)7-14-12(16-11)13-5-2/h7,9H,4-6,8H2,1-3H3,(H2,13,14,15,16). The lowest BCUT2D eigenvalue weighted by Crippen LogP contribution is -2.26. The van der Waals surface area contributed by atoms with E-state index >= 15 is 0 Å². The van der Waals surface area contributed by atoms with Crippen LogP contribution in [0.5, 0.6) is 0 Å². The SMILES string of the molecule is CCCC(COC)Nc1nc(NCC)ncc1[N+](=O)[O-]. The molecule has 1 unspecified atom stereocenters. The Morgan fingerprint density at radius 3 is 2.80 bits per heavy atom. The van der Waals surface area contributed by atoms with Gasteiger partial charge in [0.2, 0.25) is 11.8 Å². The molecule has 1 rings (SSSR count). The number of aromatic nitrogens is 2. The van der Waals surface area contributed by atoms with E-state index in [9.17, 15) is 10.1 Å². The van der Waals surface area contributed by atoms with Crippen molar-refractivity contribution >= 4 is 17.5 Å². The van der Waals surface area contributed by atoms with Gasteiger partial charge in [-0.05, 0) is 13.3 Å². The predicted molar refractivity (Wildman–Crippen MR) is 77.0 cm³/mol. The first-order valence-corrected chi connectivity index (χ1v) is 6.63. The van der Waals surface area contributed by atoms with Gasteiger partial charge in [0.05, 0.1) is 17.6 Å². The van der Waals surface area contributed by atoms with Gasteiger partial charge in [-0.15, -0.1) is 0 Å². The van der Waals surface area contributed by atoms with Crippen molar-refractivity contribution in [2.75, 3.05) is 30.9 Å². The average Bonchev–Trinajstić information content (AvgIpc) is 2.39. The highest BCUT2D eigenvalue weighted by Crippen LogP contribution is 2.23. The molecule has 0 aliphatic rings. The molecular weight excluding hydrogens is 262 g/mol. The van der Waals surface area contributed by atoms with Crippen LogP contribution < -0.4 is 10.6 Å². The van der Waals surface area contributed by atoms with Crippen molar-refractivity contribution in [2.24, 2.45) is 0 Å². The molecule has 20 heavy (non-hydrogen) atoms. The second-order valence-electron chi connectivity index (χ2n) is 4.30. The van der Waals surface area contributed by atoms with Gasteiger partial charge in [-0.25, -0.2) is 4.98 Å². The van der Waals surface area contributed by atoms with Crippen molar-refractivity contribution in [1.82, 2.24) is 9.97 Å². The van der Waals surface area contributed by atoms with Gasteiger partial charge >= 0.3 is 5.69 Å². The molecule has 0 fully saturated rings. The second kappa shape index (κ2) is 8.26. The van der Waals surface area contributed by atoms with Crippen LogP contribution in [-0.2, 0) is 4.74 Å². The summed E-state index contributed by atoms with van der Waals surface area (Å²) in [4.78, 5) is 18.6. The molecule has 1 aromatic heterocycles. The van der Waals surface area contributed by atoms with E-state index in [0.717, 1.165) is 12.8 Å². The monoisotopic (exact) mass is 283 g/mol. The van der Waals surface area contributed by atoms with Crippen molar-refractivity contribution in [3.8, 4) is 0 Å². The van der Waals surface area contributed by atoms with Crippen LogP contribution in [0, 0.1) is 10.1 Å². The van der Waals surface area contributed by atoms with Crippen LogP contribution in [0.3, 0.4) is 0 Å². The van der Waals surface area contributed by atoms with Crippen LogP contribution in [0.15, 0.2) is 6.20 Å². The molecule has 0 amide bonds. The third-order valence-corrected chi connectivity index (χ3v) is 2.65. The highest BCUT2D eigenvalue weighted by Gasteiger charge is 2.20. The summed E-state index contributed by atoms with van der Waals surface area (Å²) in [6.07, 6.45) is 2.99. The summed E-state index contributed by atoms with van der Waals surface area (Å²) in [7, 11) is 1.60. The maximum atomic E-state index is 11.0. The van der Waals surface area contributed by atoms with Crippen LogP contribution in [0.1, 0.15) is 26.7 Å². The van der Waals surface area contributed by atoms with E-state index in [1.165, 1.54) is 6.20 Å². The Morgan fingerprint density at radius 2 is 2.25 bits per heavy atom. The Morgan fingerprint density at radius 1 is 1.50 bits per heavy atom. The molecule has 1 heterocycles. The smallest absolute Gasteiger partial charge is 0.329 e. The van der Waals surface area contributed by atoms with E-state index in [4.69, 9.17) is 4.74 Å². The summed E-state index contributed by atoms with van der Waals surface area (Å²) in [5.41, 5.74) is -0.135. The second-order valence-corrected chi connectivity index (χ2v) is 4.30. The van der Waals surface area contributed by atoms with E-state index in [-0.39, 0.29) is 17.5 Å². The molecule has 0 saturated carbocycles. The van der Waals surface area contributed by atoms with Gasteiger partial charge in [-0.1, -0.05) is 13.3 Å². The predicted octanol–water partition coefficient (Wildman–Crippen LogP) is 2.04. The maximum Gasteiger partial charge on any atom is 0.329 e. The highest BCUT2D eigenvalue weighted by atomic mass is 16.6. The Kier molecular flexibility index (Phi) is 6.65. The molecule has 0 saturated heterocycles. The molecule has 0 aliphatic heterocycles. The summed E-state index contributed by atoms with van der Waals surface area (Å²) >= 11 is 0. The van der Waals surface area contributed by atoms with E-state index in [2.05, 4.69) is 20.6 Å². The van der Waals surface area contributed by atoms with E-state index in [1.807, 2.05) is 13.8 Å². The third kappa shape index (κ3) is 4.61. The van der Waals surface area contributed by atoms with E-state index in [1.54, 1.807) is 7.11 Å². The summed E-state index contributed by atoms with van der Waals surface area (Å²) in [5, 5.41) is 17.0. The summed E-state index contributed by atoms with van der Waals surface area (Å²) in [6, 6.07) is -0.0203. The first kappa shape index (κ1) is 16.1. The van der Waals surface area contributed by atoms with Crippen LogP contribution in [0.25, 0.3) is 0 Å². The van der Waals surface area contributed by atoms with Crippen molar-refractivity contribution in [3.05, 3.63) is 16.3 Å². The van der Waals surface area contributed by atoms with Gasteiger partial charge < -0.3 is 15.4 Å². The number of nitrogens with zero attached hydrogens (tertiary/aromatic N) is 3. The van der Waals surface area contributed by atoms with Gasteiger partial charge in [0.25, 0.3) is 0 Å². The van der Waals surface area contributed by atoms with Crippen molar-refractivity contribution < 1.29 is 9.66 Å². The molecular formula is C12H21N5O3. The van der Waals surface area contributed by atoms with Crippen molar-refractivity contribution in [3.63, 3.8) is 0 Å². The highest BCUT2D eigenvalue weighted by molar-refractivity contribution is 5.57. The molecule has 0 aromatic carbocycles. The normalized spacial score (nSPS) is 11.9. The number of anilines is 2. The summed E-state index contributed by atoms with van der Waals surface area (Å²) < 4.78 is 5.12. The van der Waals surface area contributed by atoms with E-state index < -0.39 is 4.92 Å². The molecule has 0 radical (unpaired) electrons. The quantitative estimate of drug-likeness (QED) is 0.528. The first-order chi connectivity index (χ1) is 9.62. The fourth-order valence-corrected chi connectivity index (χ4v) is 1.80. The molecule has 1 atom stereocenters. The first-order valence-electron chi connectivity index (χ1n) is 6.63. The minimum atomic E-state index is -0.492. The number of nitrogens with one attached hydrogen (secondary N) is 2. The maximum absolute atomic E-state index is 11.0. The molecule has 112 valence electrons. The number of hydrogen-bond acceptors (Lipinski definition) is 7. The minimum Gasteiger partial charge on any atom is -0.383 e. The average molecular weight is 283 g/mol. The number of methoxy groups -OCH3 is 1. The van der Waals surface area contributed by atoms with Crippen LogP contribution in [-0.4, -0.2) is 41.2 Å². The number of nitro groups is 1. The molecule has 2 N–H and O–H groups in total. The Bertz CT molecular complexity index is 435. The molecule has 0 spiro atoms. The van der Waals surface area contributed by atoms with Gasteiger partial charge in [0.15, 0.2) is 0 Å². The number of hydrogen-bond donors (Lipinski definition) is 2. The zero-order chi connectivity index (χ0) is 15.0. The topological polar surface area (TPSA) is 102 Å². The fourth-order valence-electron chi connectivity index (χ4n) is 1.80. The third-order valence-electron chi connectivity index (χ3n) is 2.65. The van der Waals surface area contributed by atoms with Gasteiger partial charge in [-0.3, -0.25) is 10.1 Å². The molecule has 1 aromatic rings. The van der Waals surface area contributed by atoms with Crippen LogP contribution in [0.2, 0.25) is 0 Å². The summed E-state index contributed by atoms with van der Waals surface area (Å²) in [5.74, 6) is 0.588. The minimum absolute atomic E-state index is 0.0203. The summed E-state index contributed by atoms with van der Waals surface area (Å²) in [6.45, 7) is 5.06. The largest absolute Gasteiger partial charge is 0.383 e. The number of rotatable bonds is 9. The Labute approximate surface area is 118 Å². The van der Waals surface area contributed by atoms with Crippen molar-refractivity contribution in [1.29, 1.82) is 0 Å². The van der Waals surface area contributed by atoms with Crippen LogP contribution >= 0.6 is 0 Å². The van der Waals surface area contributed by atoms with Gasteiger partial charge in [-0.2, -0.15) is 4.98 Å². The zero-order valence-corrected chi connectivity index (χ0v) is 12.0. The molecule has 0 aliphatic carbocycles. The van der Waals surface area contributed by atoms with Crippen molar-refractivity contribution in [2.45, 2.75) is 32.7 Å². The molecule has 8 heteroatoms. The fraction of sp³-hybridized carbons (Fsp3) is 0.667. The molecule has 8 nitrogen and oxygen atoms in total. The number of ether oxygens (including phenoxy) is 1. The zero-order valence-electron chi connectivity index (χ0n) is 12.0. The Hall–Kier alpha value is -1.96. The Balaban J connectivity index is 2.98. The van der Waals surface area contributed by atoms with Crippen LogP contribution in [0.4, 0.5) is 17.5 Å². The lowest BCUT2D eigenvalue weighted by atomic mass is 10.2. The lowest BCUT2D eigenvalue weighted by molar-refractivity contribution is -0.384.